The number of likely N-dealkylation sites (tertiary alicyclic amines) is 1. The Labute approximate surface area is 117 Å². The molecule has 0 aromatic carbocycles. The zero-order chi connectivity index (χ0) is 14.6. The lowest BCUT2D eigenvalue weighted by molar-refractivity contribution is -0.133. The second-order valence-electron chi connectivity index (χ2n) is 5.80. The molecule has 0 saturated carbocycles. The quantitative estimate of drug-likeness (QED) is 0.767. The van der Waals surface area contributed by atoms with Gasteiger partial charge in [-0.1, -0.05) is 6.92 Å². The van der Waals surface area contributed by atoms with Gasteiger partial charge >= 0.3 is 0 Å². The van der Waals surface area contributed by atoms with Crippen LogP contribution < -0.4 is 0 Å². The Kier molecular flexibility index (Phi) is 5.80. The van der Waals surface area contributed by atoms with Gasteiger partial charge in [-0.15, -0.1) is 0 Å². The predicted octanol–water partition coefficient (Wildman–Crippen LogP) is 1.31. The van der Waals surface area contributed by atoms with Crippen molar-refractivity contribution in [3.05, 3.63) is 0 Å². The Bertz CT molecular complexity index is 406. The summed E-state index contributed by atoms with van der Waals surface area (Å²) in [7, 11) is -3.24. The van der Waals surface area contributed by atoms with Crippen LogP contribution in [0.3, 0.4) is 0 Å². The maximum atomic E-state index is 12.1. The Balaban J connectivity index is 2.52. The van der Waals surface area contributed by atoms with Gasteiger partial charge in [-0.05, 0) is 32.6 Å². The Morgan fingerprint density at radius 1 is 1.42 bits per heavy atom. The summed E-state index contributed by atoms with van der Waals surface area (Å²) >= 11 is 0. The number of hydrogen-bond acceptors (Lipinski definition) is 3. The van der Waals surface area contributed by atoms with Crippen LogP contribution in [0.1, 0.15) is 40.0 Å². The summed E-state index contributed by atoms with van der Waals surface area (Å²) in [5.74, 6) is 0.620. The molecule has 0 bridgehead atoms. The van der Waals surface area contributed by atoms with Gasteiger partial charge in [0, 0.05) is 32.1 Å². The highest BCUT2D eigenvalue weighted by Crippen LogP contribution is 2.16. The van der Waals surface area contributed by atoms with Crippen molar-refractivity contribution in [2.45, 2.75) is 46.1 Å². The van der Waals surface area contributed by atoms with Gasteiger partial charge in [0.15, 0.2) is 0 Å². The lowest BCUT2D eigenvalue weighted by atomic mass is 10.00. The normalized spacial score (nSPS) is 21.2. The molecule has 0 aromatic heterocycles. The summed E-state index contributed by atoms with van der Waals surface area (Å²) in [6, 6.07) is -0.108. The van der Waals surface area contributed by atoms with Crippen LogP contribution in [0.5, 0.6) is 0 Å². The molecule has 0 N–H and O–H groups in total. The van der Waals surface area contributed by atoms with E-state index in [4.69, 9.17) is 0 Å². The molecular weight excluding hydrogens is 264 g/mol. The first-order valence-corrected chi connectivity index (χ1v) is 8.81. The second kappa shape index (κ2) is 6.70. The predicted molar refractivity (Wildman–Crippen MR) is 76.3 cm³/mol. The van der Waals surface area contributed by atoms with E-state index in [1.165, 1.54) is 17.0 Å². The molecule has 0 radical (unpaired) electrons. The maximum absolute atomic E-state index is 12.1. The summed E-state index contributed by atoms with van der Waals surface area (Å²) in [5.41, 5.74) is 0. The van der Waals surface area contributed by atoms with Gasteiger partial charge < -0.3 is 4.90 Å². The first-order valence-electron chi connectivity index (χ1n) is 6.96. The monoisotopic (exact) mass is 290 g/mol. The summed E-state index contributed by atoms with van der Waals surface area (Å²) in [4.78, 5) is 14.0. The van der Waals surface area contributed by atoms with Crippen molar-refractivity contribution in [1.29, 1.82) is 0 Å². The van der Waals surface area contributed by atoms with Crippen LogP contribution in [0.4, 0.5) is 0 Å². The largest absolute Gasteiger partial charge is 0.342 e. The van der Waals surface area contributed by atoms with Gasteiger partial charge in [0.05, 0.1) is 6.26 Å². The van der Waals surface area contributed by atoms with E-state index in [2.05, 4.69) is 6.92 Å². The zero-order valence-corrected chi connectivity index (χ0v) is 13.2. The van der Waals surface area contributed by atoms with Crippen LogP contribution >= 0.6 is 0 Å². The lowest BCUT2D eigenvalue weighted by Gasteiger charge is -2.32. The molecule has 0 spiro atoms. The molecule has 0 aliphatic carbocycles. The van der Waals surface area contributed by atoms with Crippen LogP contribution in [-0.2, 0) is 14.8 Å². The van der Waals surface area contributed by atoms with E-state index in [-0.39, 0.29) is 24.9 Å². The van der Waals surface area contributed by atoms with Crippen molar-refractivity contribution in [1.82, 2.24) is 9.21 Å². The summed E-state index contributed by atoms with van der Waals surface area (Å²) < 4.78 is 24.6. The third-order valence-corrected chi connectivity index (χ3v) is 5.01. The summed E-state index contributed by atoms with van der Waals surface area (Å²) in [5, 5.41) is 0. The van der Waals surface area contributed by atoms with Crippen LogP contribution in [-0.4, -0.2) is 55.5 Å². The Morgan fingerprint density at radius 2 is 2.05 bits per heavy atom. The minimum absolute atomic E-state index is 0.0702. The van der Waals surface area contributed by atoms with Crippen molar-refractivity contribution < 1.29 is 13.2 Å². The molecule has 1 fully saturated rings. The summed E-state index contributed by atoms with van der Waals surface area (Å²) in [6.07, 6.45) is 3.69. The fourth-order valence-electron chi connectivity index (χ4n) is 2.59. The van der Waals surface area contributed by atoms with Crippen molar-refractivity contribution in [2.75, 3.05) is 25.9 Å². The number of nitrogens with zero attached hydrogens (tertiary/aromatic N) is 2. The first-order chi connectivity index (χ1) is 8.71. The maximum Gasteiger partial charge on any atom is 0.223 e. The molecule has 1 amide bonds. The number of carbonyl (C=O) groups is 1. The van der Waals surface area contributed by atoms with Crippen LogP contribution in [0.25, 0.3) is 0 Å². The first kappa shape index (κ1) is 16.4. The van der Waals surface area contributed by atoms with Crippen molar-refractivity contribution in [2.24, 2.45) is 5.92 Å². The molecule has 1 aliphatic rings. The highest BCUT2D eigenvalue weighted by atomic mass is 32.2. The number of rotatable bonds is 5. The van der Waals surface area contributed by atoms with E-state index in [0.717, 1.165) is 19.5 Å². The minimum atomic E-state index is -3.24. The highest BCUT2D eigenvalue weighted by Gasteiger charge is 2.24. The topological polar surface area (TPSA) is 57.7 Å². The van der Waals surface area contributed by atoms with E-state index in [9.17, 15) is 13.2 Å². The van der Waals surface area contributed by atoms with E-state index in [0.29, 0.717) is 5.92 Å². The number of carbonyl (C=O) groups excluding carboxylic acids is 1. The number of sulfonamides is 1. The van der Waals surface area contributed by atoms with Gasteiger partial charge in [0.2, 0.25) is 15.9 Å². The molecule has 1 rings (SSSR count). The number of hydrogen-bond donors (Lipinski definition) is 0. The van der Waals surface area contributed by atoms with Gasteiger partial charge in [0.25, 0.3) is 0 Å². The van der Waals surface area contributed by atoms with Crippen molar-refractivity contribution in [3.8, 4) is 0 Å². The lowest BCUT2D eigenvalue weighted by Crippen LogP contribution is -2.42. The summed E-state index contributed by atoms with van der Waals surface area (Å²) in [6.45, 7) is 7.70. The molecule has 5 nitrogen and oxygen atoms in total. The van der Waals surface area contributed by atoms with E-state index in [1.54, 1.807) is 0 Å². The molecule has 1 saturated heterocycles. The standard InChI is InChI=1S/C13H26N2O3S/c1-11(2)15(19(4,17)18)9-7-13(16)14-8-5-6-12(3)10-14/h11-12H,5-10H2,1-4H3. The van der Waals surface area contributed by atoms with E-state index >= 15 is 0 Å². The number of amides is 1. The fraction of sp³-hybridized carbons (Fsp3) is 0.923. The molecule has 0 aromatic rings. The van der Waals surface area contributed by atoms with Crippen molar-refractivity contribution in [3.63, 3.8) is 0 Å². The Hall–Kier alpha value is -0.620. The van der Waals surface area contributed by atoms with Gasteiger partial charge in [0.1, 0.15) is 0 Å². The van der Waals surface area contributed by atoms with Crippen molar-refractivity contribution >= 4 is 15.9 Å². The SMILES string of the molecule is CC1CCCN(C(=O)CCN(C(C)C)S(C)(=O)=O)C1. The van der Waals surface area contributed by atoms with Crippen LogP contribution in [0, 0.1) is 5.92 Å². The molecule has 1 unspecified atom stereocenters. The smallest absolute Gasteiger partial charge is 0.223 e. The van der Waals surface area contributed by atoms with E-state index in [1.807, 2.05) is 18.7 Å². The van der Waals surface area contributed by atoms with Crippen LogP contribution in [0.2, 0.25) is 0 Å². The van der Waals surface area contributed by atoms with E-state index < -0.39 is 10.0 Å². The fourth-order valence-corrected chi connectivity index (χ4v) is 3.78. The average Bonchev–Trinajstić information content (AvgIpc) is 2.26. The molecule has 1 aliphatic heterocycles. The second-order valence-corrected chi connectivity index (χ2v) is 7.74. The van der Waals surface area contributed by atoms with Gasteiger partial charge in [-0.2, -0.15) is 4.31 Å². The highest BCUT2D eigenvalue weighted by molar-refractivity contribution is 7.88. The zero-order valence-electron chi connectivity index (χ0n) is 12.4. The molecular formula is C13H26N2O3S. The minimum Gasteiger partial charge on any atom is -0.342 e. The van der Waals surface area contributed by atoms with Gasteiger partial charge in [-0.3, -0.25) is 4.79 Å². The third-order valence-electron chi connectivity index (χ3n) is 3.56. The van der Waals surface area contributed by atoms with Crippen LogP contribution in [0.15, 0.2) is 0 Å². The molecule has 1 heterocycles. The molecule has 1 atom stereocenters. The number of piperidine rings is 1. The Morgan fingerprint density at radius 3 is 2.53 bits per heavy atom. The average molecular weight is 290 g/mol. The molecule has 19 heavy (non-hydrogen) atoms. The molecule has 112 valence electrons. The third kappa shape index (κ3) is 5.10. The van der Waals surface area contributed by atoms with Gasteiger partial charge in [-0.25, -0.2) is 8.42 Å². The molecule has 6 heteroatoms.